The fourth-order valence-corrected chi connectivity index (χ4v) is 3.22. The summed E-state index contributed by atoms with van der Waals surface area (Å²) in [5.41, 5.74) is 2.61. The molecule has 1 unspecified atom stereocenters. The number of aliphatic hydroxyl groups is 1. The Bertz CT molecular complexity index is 482. The van der Waals surface area contributed by atoms with E-state index in [1.807, 2.05) is 6.07 Å². The number of hydrogen-bond acceptors (Lipinski definition) is 4. The summed E-state index contributed by atoms with van der Waals surface area (Å²) in [6, 6.07) is 6.21. The number of aryl methyl sites for hydroxylation is 1. The first-order chi connectivity index (χ1) is 11.0. The number of nitrogens with zero attached hydrogens (tertiary/aromatic N) is 2. The lowest BCUT2D eigenvalue weighted by atomic mass is 9.98. The molecular formula is C19H32N2O2. The Hall–Kier alpha value is -1.10. The molecule has 0 spiro atoms. The van der Waals surface area contributed by atoms with Crippen molar-refractivity contribution in [3.05, 3.63) is 29.3 Å². The van der Waals surface area contributed by atoms with Gasteiger partial charge in [0.2, 0.25) is 0 Å². The zero-order valence-corrected chi connectivity index (χ0v) is 15.1. The molecule has 23 heavy (non-hydrogen) atoms. The van der Waals surface area contributed by atoms with Crippen molar-refractivity contribution < 1.29 is 9.84 Å². The maximum absolute atomic E-state index is 10.2. The molecule has 1 atom stereocenters. The van der Waals surface area contributed by atoms with E-state index in [-0.39, 0.29) is 0 Å². The molecule has 4 nitrogen and oxygen atoms in total. The van der Waals surface area contributed by atoms with Crippen molar-refractivity contribution in [1.29, 1.82) is 0 Å². The van der Waals surface area contributed by atoms with Crippen LogP contribution in [-0.4, -0.2) is 66.9 Å². The molecule has 0 radical (unpaired) electrons. The van der Waals surface area contributed by atoms with Crippen molar-refractivity contribution >= 4 is 0 Å². The molecule has 1 saturated heterocycles. The number of benzene rings is 1. The van der Waals surface area contributed by atoms with Crippen LogP contribution in [0.4, 0.5) is 0 Å². The Morgan fingerprint density at radius 1 is 1.13 bits per heavy atom. The smallest absolute Gasteiger partial charge is 0.119 e. The maximum Gasteiger partial charge on any atom is 0.119 e. The highest BCUT2D eigenvalue weighted by Gasteiger charge is 2.18. The number of piperazine rings is 1. The number of hydrogen-bond donors (Lipinski definition) is 1. The summed E-state index contributed by atoms with van der Waals surface area (Å²) in [4.78, 5) is 4.77. The average molecular weight is 320 g/mol. The first-order valence-electron chi connectivity index (χ1n) is 8.85. The van der Waals surface area contributed by atoms with Crippen molar-refractivity contribution in [2.75, 3.05) is 45.9 Å². The predicted molar refractivity (Wildman–Crippen MR) is 95.3 cm³/mol. The summed E-state index contributed by atoms with van der Waals surface area (Å²) in [7, 11) is 0. The number of likely N-dealkylation sites (N-methyl/N-ethyl adjacent to an activating group) is 1. The van der Waals surface area contributed by atoms with Gasteiger partial charge < -0.3 is 14.7 Å². The predicted octanol–water partition coefficient (Wildman–Crippen LogP) is 2.50. The van der Waals surface area contributed by atoms with Gasteiger partial charge in [-0.15, -0.1) is 0 Å². The first kappa shape index (κ1) is 18.2. The lowest BCUT2D eigenvalue weighted by molar-refractivity contribution is 0.0471. The van der Waals surface area contributed by atoms with Gasteiger partial charge in [0.25, 0.3) is 0 Å². The van der Waals surface area contributed by atoms with E-state index in [0.717, 1.165) is 38.5 Å². The lowest BCUT2D eigenvalue weighted by Crippen LogP contribution is -2.49. The summed E-state index contributed by atoms with van der Waals surface area (Å²) in [6.07, 6.45) is -0.437. The fourth-order valence-electron chi connectivity index (χ4n) is 3.22. The van der Waals surface area contributed by atoms with Crippen molar-refractivity contribution in [2.45, 2.75) is 39.7 Å². The molecule has 0 saturated carbocycles. The zero-order chi connectivity index (χ0) is 16.8. The minimum atomic E-state index is -0.437. The molecule has 1 aliphatic heterocycles. The van der Waals surface area contributed by atoms with Gasteiger partial charge in [0.05, 0.1) is 0 Å². The highest BCUT2D eigenvalue weighted by molar-refractivity contribution is 5.36. The molecule has 0 bridgehead atoms. The molecule has 1 aromatic carbocycles. The van der Waals surface area contributed by atoms with Crippen molar-refractivity contribution in [3.8, 4) is 5.75 Å². The van der Waals surface area contributed by atoms with E-state index < -0.39 is 6.10 Å². The molecule has 1 heterocycles. The monoisotopic (exact) mass is 320 g/mol. The Morgan fingerprint density at radius 3 is 2.35 bits per heavy atom. The molecule has 0 aromatic heterocycles. The summed E-state index contributed by atoms with van der Waals surface area (Å²) < 4.78 is 5.78. The van der Waals surface area contributed by atoms with E-state index in [9.17, 15) is 5.11 Å². The number of β-amino-alcohol motifs (C(OH)–C–C–N with tert-alkyl or cyclic N) is 1. The van der Waals surface area contributed by atoms with Gasteiger partial charge in [-0.3, -0.25) is 4.90 Å². The summed E-state index contributed by atoms with van der Waals surface area (Å²) in [6.45, 7) is 15.1. The number of aliphatic hydroxyl groups excluding tert-OH is 1. The quantitative estimate of drug-likeness (QED) is 0.837. The third kappa shape index (κ3) is 5.48. The topological polar surface area (TPSA) is 35.9 Å². The Kier molecular flexibility index (Phi) is 6.88. The van der Waals surface area contributed by atoms with Gasteiger partial charge in [0, 0.05) is 32.7 Å². The van der Waals surface area contributed by atoms with Crippen molar-refractivity contribution in [3.63, 3.8) is 0 Å². The van der Waals surface area contributed by atoms with Crippen LogP contribution < -0.4 is 4.74 Å². The molecule has 0 aliphatic carbocycles. The van der Waals surface area contributed by atoms with Crippen LogP contribution in [0.2, 0.25) is 0 Å². The van der Waals surface area contributed by atoms with E-state index in [1.54, 1.807) is 0 Å². The van der Waals surface area contributed by atoms with Crippen LogP contribution in [0.3, 0.4) is 0 Å². The van der Waals surface area contributed by atoms with E-state index in [4.69, 9.17) is 4.74 Å². The second-order valence-corrected chi connectivity index (χ2v) is 6.87. The summed E-state index contributed by atoms with van der Waals surface area (Å²) >= 11 is 0. The van der Waals surface area contributed by atoms with E-state index >= 15 is 0 Å². The lowest BCUT2D eigenvalue weighted by Gasteiger charge is -2.34. The van der Waals surface area contributed by atoms with Gasteiger partial charge in [-0.05, 0) is 42.6 Å². The third-order valence-electron chi connectivity index (χ3n) is 4.69. The second kappa shape index (κ2) is 8.67. The van der Waals surface area contributed by atoms with Gasteiger partial charge in [0.1, 0.15) is 18.5 Å². The van der Waals surface area contributed by atoms with Crippen LogP contribution >= 0.6 is 0 Å². The van der Waals surface area contributed by atoms with Crippen LogP contribution in [0.5, 0.6) is 5.75 Å². The second-order valence-electron chi connectivity index (χ2n) is 6.87. The molecular weight excluding hydrogens is 288 g/mol. The highest BCUT2D eigenvalue weighted by Crippen LogP contribution is 2.23. The Morgan fingerprint density at radius 2 is 1.78 bits per heavy atom. The third-order valence-corrected chi connectivity index (χ3v) is 4.69. The van der Waals surface area contributed by atoms with Crippen molar-refractivity contribution in [1.82, 2.24) is 9.80 Å². The molecule has 1 aliphatic rings. The molecule has 2 rings (SSSR count). The van der Waals surface area contributed by atoms with Gasteiger partial charge in [0.15, 0.2) is 0 Å². The zero-order valence-electron chi connectivity index (χ0n) is 15.1. The molecule has 0 amide bonds. The molecule has 1 aromatic rings. The van der Waals surface area contributed by atoms with Crippen molar-refractivity contribution in [2.24, 2.45) is 0 Å². The summed E-state index contributed by atoms with van der Waals surface area (Å²) in [5, 5.41) is 10.2. The SMILES string of the molecule is CCN1CCN(CC(O)COc2ccc(C(C)C)c(C)c2)CC1. The molecule has 1 N–H and O–H groups in total. The summed E-state index contributed by atoms with van der Waals surface area (Å²) in [5.74, 6) is 1.37. The van der Waals surface area contributed by atoms with E-state index in [0.29, 0.717) is 19.1 Å². The van der Waals surface area contributed by atoms with E-state index in [1.165, 1.54) is 11.1 Å². The fraction of sp³-hybridized carbons (Fsp3) is 0.684. The molecule has 4 heteroatoms. The molecule has 1 fully saturated rings. The van der Waals surface area contributed by atoms with E-state index in [2.05, 4.69) is 49.6 Å². The van der Waals surface area contributed by atoms with Crippen LogP contribution in [0.1, 0.15) is 37.8 Å². The highest BCUT2D eigenvalue weighted by atomic mass is 16.5. The van der Waals surface area contributed by atoms with Crippen LogP contribution in [-0.2, 0) is 0 Å². The largest absolute Gasteiger partial charge is 0.491 e. The average Bonchev–Trinajstić information content (AvgIpc) is 2.53. The molecule has 130 valence electrons. The Labute approximate surface area is 141 Å². The normalized spacial score (nSPS) is 18.3. The minimum Gasteiger partial charge on any atom is -0.491 e. The number of rotatable bonds is 7. The van der Waals surface area contributed by atoms with Crippen LogP contribution in [0, 0.1) is 6.92 Å². The van der Waals surface area contributed by atoms with Gasteiger partial charge in [-0.1, -0.05) is 26.8 Å². The minimum absolute atomic E-state index is 0.356. The van der Waals surface area contributed by atoms with Gasteiger partial charge >= 0.3 is 0 Å². The standard InChI is InChI=1S/C19H32N2O2/c1-5-20-8-10-21(11-9-20)13-17(22)14-23-18-6-7-19(15(2)3)16(4)12-18/h6-7,12,15,17,22H,5,8-11,13-14H2,1-4H3. The maximum atomic E-state index is 10.2. The van der Waals surface area contributed by atoms with Gasteiger partial charge in [-0.2, -0.15) is 0 Å². The number of ether oxygens (including phenoxy) is 1. The Balaban J connectivity index is 1.76. The van der Waals surface area contributed by atoms with Crippen LogP contribution in [0.15, 0.2) is 18.2 Å². The van der Waals surface area contributed by atoms with Gasteiger partial charge in [-0.25, -0.2) is 0 Å². The first-order valence-corrected chi connectivity index (χ1v) is 8.85. The van der Waals surface area contributed by atoms with Crippen LogP contribution in [0.25, 0.3) is 0 Å².